The van der Waals surface area contributed by atoms with Crippen LogP contribution in [-0.2, 0) is 12.6 Å². The van der Waals surface area contributed by atoms with Gasteiger partial charge >= 0.3 is 0 Å². The van der Waals surface area contributed by atoms with Crippen molar-refractivity contribution < 1.29 is 5.11 Å². The summed E-state index contributed by atoms with van der Waals surface area (Å²) >= 11 is 0. The molecular formula is C10H18N2O. The number of rotatable bonds is 3. The molecule has 0 radical (unpaired) electrons. The first-order valence-electron chi connectivity index (χ1n) is 4.70. The number of aromatic nitrogens is 2. The van der Waals surface area contributed by atoms with Crippen LogP contribution < -0.4 is 0 Å². The largest absolute Gasteiger partial charge is 0.382 e. The smallest absolute Gasteiger partial charge is 0.140 e. The Kier molecular flexibility index (Phi) is 2.76. The van der Waals surface area contributed by atoms with Gasteiger partial charge in [-0.1, -0.05) is 20.3 Å². The van der Waals surface area contributed by atoms with Gasteiger partial charge in [0.2, 0.25) is 0 Å². The fourth-order valence-corrected chi connectivity index (χ4v) is 1.47. The van der Waals surface area contributed by atoms with Gasteiger partial charge in [0.05, 0.1) is 0 Å². The summed E-state index contributed by atoms with van der Waals surface area (Å²) < 4.78 is 1.87. The standard InChI is InChI=1S/C10H18N2O/c1-5-8(2)10(3,13)9-11-6-7-12(9)4/h6-8,13H,5H2,1-4H3. The average molecular weight is 182 g/mol. The van der Waals surface area contributed by atoms with E-state index in [1.165, 1.54) is 0 Å². The molecule has 74 valence electrons. The van der Waals surface area contributed by atoms with E-state index >= 15 is 0 Å². The third kappa shape index (κ3) is 1.75. The lowest BCUT2D eigenvalue weighted by atomic mass is 9.88. The maximum absolute atomic E-state index is 10.2. The summed E-state index contributed by atoms with van der Waals surface area (Å²) in [5, 5.41) is 10.2. The maximum atomic E-state index is 10.2. The zero-order chi connectivity index (χ0) is 10.1. The highest BCUT2D eigenvalue weighted by Gasteiger charge is 2.32. The summed E-state index contributed by atoms with van der Waals surface area (Å²) in [6.45, 7) is 5.93. The van der Waals surface area contributed by atoms with Crippen LogP contribution in [0, 0.1) is 5.92 Å². The van der Waals surface area contributed by atoms with Crippen LogP contribution in [0.1, 0.15) is 33.0 Å². The Hall–Kier alpha value is -0.830. The Morgan fingerprint density at radius 3 is 2.69 bits per heavy atom. The van der Waals surface area contributed by atoms with Gasteiger partial charge in [-0.3, -0.25) is 0 Å². The summed E-state index contributed by atoms with van der Waals surface area (Å²) in [6.07, 6.45) is 4.51. The Labute approximate surface area is 79.4 Å². The van der Waals surface area contributed by atoms with Crippen molar-refractivity contribution in [2.45, 2.75) is 32.8 Å². The van der Waals surface area contributed by atoms with Crippen LogP contribution in [0.5, 0.6) is 0 Å². The summed E-state index contributed by atoms with van der Waals surface area (Å²) in [5.74, 6) is 0.954. The van der Waals surface area contributed by atoms with Crippen molar-refractivity contribution in [2.75, 3.05) is 0 Å². The van der Waals surface area contributed by atoms with E-state index in [2.05, 4.69) is 11.9 Å². The predicted octanol–water partition coefficient (Wildman–Crippen LogP) is 1.67. The zero-order valence-electron chi connectivity index (χ0n) is 8.78. The highest BCUT2D eigenvalue weighted by atomic mass is 16.3. The van der Waals surface area contributed by atoms with Gasteiger partial charge < -0.3 is 9.67 Å². The molecule has 0 aliphatic rings. The molecule has 0 aliphatic heterocycles. The van der Waals surface area contributed by atoms with E-state index in [4.69, 9.17) is 0 Å². The molecule has 0 aromatic carbocycles. The molecule has 0 fully saturated rings. The number of nitrogens with zero attached hydrogens (tertiary/aromatic N) is 2. The highest BCUT2D eigenvalue weighted by Crippen LogP contribution is 2.29. The molecule has 0 aliphatic carbocycles. The van der Waals surface area contributed by atoms with Gasteiger partial charge in [0.15, 0.2) is 0 Å². The summed E-state index contributed by atoms with van der Waals surface area (Å²) in [4.78, 5) is 4.17. The second kappa shape index (κ2) is 3.50. The van der Waals surface area contributed by atoms with E-state index in [9.17, 15) is 5.11 Å². The third-order valence-corrected chi connectivity index (χ3v) is 2.85. The second-order valence-electron chi connectivity index (χ2n) is 3.82. The van der Waals surface area contributed by atoms with Gasteiger partial charge in [0.1, 0.15) is 11.4 Å². The van der Waals surface area contributed by atoms with Crippen molar-refractivity contribution in [2.24, 2.45) is 13.0 Å². The van der Waals surface area contributed by atoms with E-state index in [1.807, 2.05) is 31.7 Å². The molecule has 3 heteroatoms. The first-order valence-corrected chi connectivity index (χ1v) is 4.70. The zero-order valence-corrected chi connectivity index (χ0v) is 8.78. The molecular weight excluding hydrogens is 164 g/mol. The monoisotopic (exact) mass is 182 g/mol. The van der Waals surface area contributed by atoms with Crippen molar-refractivity contribution in [3.05, 3.63) is 18.2 Å². The van der Waals surface area contributed by atoms with E-state index in [-0.39, 0.29) is 5.92 Å². The first-order chi connectivity index (χ1) is 6.00. The molecule has 1 aromatic heterocycles. The molecule has 1 rings (SSSR count). The molecule has 0 amide bonds. The van der Waals surface area contributed by atoms with Crippen LogP contribution in [0.3, 0.4) is 0 Å². The van der Waals surface area contributed by atoms with Crippen LogP contribution in [0.25, 0.3) is 0 Å². The third-order valence-electron chi connectivity index (χ3n) is 2.85. The maximum Gasteiger partial charge on any atom is 0.140 e. The molecule has 1 N–H and O–H groups in total. The van der Waals surface area contributed by atoms with Gasteiger partial charge in [-0.05, 0) is 12.8 Å². The topological polar surface area (TPSA) is 38.1 Å². The molecule has 0 saturated heterocycles. The Balaban J connectivity index is 2.99. The number of aryl methyl sites for hydroxylation is 1. The first kappa shape index (κ1) is 10.3. The Morgan fingerprint density at radius 1 is 1.69 bits per heavy atom. The minimum absolute atomic E-state index is 0.216. The van der Waals surface area contributed by atoms with E-state index in [0.29, 0.717) is 0 Å². The van der Waals surface area contributed by atoms with Crippen LogP contribution >= 0.6 is 0 Å². The molecule has 3 nitrogen and oxygen atoms in total. The van der Waals surface area contributed by atoms with Gasteiger partial charge in [-0.15, -0.1) is 0 Å². The molecule has 0 bridgehead atoms. The lowest BCUT2D eigenvalue weighted by Crippen LogP contribution is -2.32. The van der Waals surface area contributed by atoms with Crippen molar-refractivity contribution >= 4 is 0 Å². The van der Waals surface area contributed by atoms with Crippen molar-refractivity contribution in [1.82, 2.24) is 9.55 Å². The minimum atomic E-state index is -0.826. The van der Waals surface area contributed by atoms with E-state index in [1.54, 1.807) is 6.20 Å². The summed E-state index contributed by atoms with van der Waals surface area (Å²) in [5.41, 5.74) is -0.826. The molecule has 2 atom stereocenters. The lowest BCUT2D eigenvalue weighted by Gasteiger charge is -2.28. The second-order valence-corrected chi connectivity index (χ2v) is 3.82. The Morgan fingerprint density at radius 2 is 2.31 bits per heavy atom. The molecule has 1 aromatic rings. The summed E-state index contributed by atoms with van der Waals surface area (Å²) in [6, 6.07) is 0. The quantitative estimate of drug-likeness (QED) is 0.772. The van der Waals surface area contributed by atoms with Gasteiger partial charge in [-0.2, -0.15) is 0 Å². The van der Waals surface area contributed by atoms with Crippen LogP contribution in [0.15, 0.2) is 12.4 Å². The van der Waals surface area contributed by atoms with Gasteiger partial charge in [0.25, 0.3) is 0 Å². The number of hydrogen-bond acceptors (Lipinski definition) is 2. The van der Waals surface area contributed by atoms with Crippen molar-refractivity contribution in [3.8, 4) is 0 Å². The molecule has 13 heavy (non-hydrogen) atoms. The Bertz CT molecular complexity index is 278. The lowest BCUT2D eigenvalue weighted by molar-refractivity contribution is -0.0107. The van der Waals surface area contributed by atoms with Crippen LogP contribution in [0.2, 0.25) is 0 Å². The van der Waals surface area contributed by atoms with Gasteiger partial charge in [0, 0.05) is 19.4 Å². The molecule has 1 heterocycles. The van der Waals surface area contributed by atoms with Crippen LogP contribution in [0.4, 0.5) is 0 Å². The molecule has 0 spiro atoms. The average Bonchev–Trinajstić information content (AvgIpc) is 2.50. The predicted molar refractivity (Wildman–Crippen MR) is 52.2 cm³/mol. The molecule has 2 unspecified atom stereocenters. The van der Waals surface area contributed by atoms with E-state index in [0.717, 1.165) is 12.2 Å². The SMILES string of the molecule is CCC(C)C(C)(O)c1nccn1C. The van der Waals surface area contributed by atoms with Crippen LogP contribution in [-0.4, -0.2) is 14.7 Å². The van der Waals surface area contributed by atoms with Gasteiger partial charge in [-0.25, -0.2) is 4.98 Å². The minimum Gasteiger partial charge on any atom is -0.382 e. The normalized spacial score (nSPS) is 18.2. The number of aliphatic hydroxyl groups is 1. The van der Waals surface area contributed by atoms with Crippen molar-refractivity contribution in [1.29, 1.82) is 0 Å². The summed E-state index contributed by atoms with van der Waals surface area (Å²) in [7, 11) is 1.90. The fraction of sp³-hybridized carbons (Fsp3) is 0.700. The number of hydrogen-bond donors (Lipinski definition) is 1. The van der Waals surface area contributed by atoms with Crippen molar-refractivity contribution in [3.63, 3.8) is 0 Å². The fourth-order valence-electron chi connectivity index (χ4n) is 1.47. The van der Waals surface area contributed by atoms with E-state index < -0.39 is 5.60 Å². The molecule has 0 saturated carbocycles. The highest BCUT2D eigenvalue weighted by molar-refractivity contribution is 5.04. The number of imidazole rings is 1.